The van der Waals surface area contributed by atoms with E-state index in [2.05, 4.69) is 10.3 Å². The molecule has 3 N–H and O–H groups in total. The Kier molecular flexibility index (Phi) is 3.28. The maximum Gasteiger partial charge on any atom is 0.273 e. The quantitative estimate of drug-likeness (QED) is 0.725. The van der Waals surface area contributed by atoms with Crippen LogP contribution in [-0.4, -0.2) is 33.3 Å². The molecule has 1 aliphatic rings. The molecule has 0 atom stereocenters. The molecule has 1 saturated carbocycles. The highest BCUT2D eigenvalue weighted by Crippen LogP contribution is 2.28. The van der Waals surface area contributed by atoms with Crippen LogP contribution in [-0.2, 0) is 0 Å². The zero-order chi connectivity index (χ0) is 12.3. The predicted octanol–water partition coefficient (Wildman–Crippen LogP) is 0.822. The lowest BCUT2D eigenvalue weighted by Crippen LogP contribution is -2.41. The number of rotatable bonds is 3. The van der Waals surface area contributed by atoms with Gasteiger partial charge in [-0.2, -0.15) is 0 Å². The van der Waals surface area contributed by atoms with Gasteiger partial charge in [-0.25, -0.2) is 4.98 Å². The van der Waals surface area contributed by atoms with Crippen LogP contribution in [0.2, 0.25) is 0 Å². The van der Waals surface area contributed by atoms with E-state index >= 15 is 0 Å². The Morgan fingerprint density at radius 2 is 2.18 bits per heavy atom. The third-order valence-electron chi connectivity index (χ3n) is 3.11. The number of pyridine rings is 1. The second kappa shape index (κ2) is 4.71. The summed E-state index contributed by atoms with van der Waals surface area (Å²) >= 11 is 0. The van der Waals surface area contributed by atoms with Gasteiger partial charge in [0, 0.05) is 12.7 Å². The Bertz CT molecular complexity index is 414. The summed E-state index contributed by atoms with van der Waals surface area (Å²) in [5.41, 5.74) is -0.797. The van der Waals surface area contributed by atoms with Crippen LogP contribution in [0.25, 0.3) is 0 Å². The first kappa shape index (κ1) is 11.9. The number of hydrogen-bond acceptors (Lipinski definition) is 4. The summed E-state index contributed by atoms with van der Waals surface area (Å²) in [6.45, 7) is 0.210. The zero-order valence-corrected chi connectivity index (χ0v) is 9.52. The third-order valence-corrected chi connectivity index (χ3v) is 3.11. The molecule has 0 aromatic carbocycles. The van der Waals surface area contributed by atoms with Crippen LogP contribution in [0.4, 0.5) is 0 Å². The van der Waals surface area contributed by atoms with Crippen molar-refractivity contribution in [2.24, 2.45) is 0 Å². The first-order valence-electron chi connectivity index (χ1n) is 5.75. The second-order valence-corrected chi connectivity index (χ2v) is 4.49. The van der Waals surface area contributed by atoms with Crippen molar-refractivity contribution in [3.05, 3.63) is 24.0 Å². The van der Waals surface area contributed by atoms with E-state index in [4.69, 9.17) is 0 Å². The lowest BCUT2D eigenvalue weighted by atomic mass is 10.0. The molecule has 0 spiro atoms. The molecule has 0 bridgehead atoms. The van der Waals surface area contributed by atoms with Gasteiger partial charge >= 0.3 is 0 Å². The topological polar surface area (TPSA) is 82.5 Å². The minimum atomic E-state index is -0.792. The van der Waals surface area contributed by atoms with E-state index in [9.17, 15) is 15.0 Å². The molecular formula is C12H16N2O3. The van der Waals surface area contributed by atoms with Crippen LogP contribution in [0.15, 0.2) is 18.3 Å². The monoisotopic (exact) mass is 236 g/mol. The van der Waals surface area contributed by atoms with Gasteiger partial charge in [0.05, 0.1) is 5.60 Å². The Hall–Kier alpha value is -1.62. The van der Waals surface area contributed by atoms with E-state index in [-0.39, 0.29) is 18.0 Å². The Morgan fingerprint density at radius 1 is 1.47 bits per heavy atom. The smallest absolute Gasteiger partial charge is 0.273 e. The van der Waals surface area contributed by atoms with Crippen LogP contribution < -0.4 is 5.32 Å². The number of carbonyl (C=O) groups is 1. The van der Waals surface area contributed by atoms with Gasteiger partial charge in [-0.15, -0.1) is 0 Å². The van der Waals surface area contributed by atoms with Gasteiger partial charge in [0.25, 0.3) is 5.91 Å². The van der Waals surface area contributed by atoms with E-state index in [1.165, 1.54) is 12.3 Å². The van der Waals surface area contributed by atoms with E-state index in [1.807, 2.05) is 0 Å². The van der Waals surface area contributed by atoms with Crippen LogP contribution >= 0.6 is 0 Å². The zero-order valence-electron chi connectivity index (χ0n) is 9.52. The molecule has 1 aliphatic carbocycles. The van der Waals surface area contributed by atoms with Crippen molar-refractivity contribution in [1.82, 2.24) is 10.3 Å². The lowest BCUT2D eigenvalue weighted by Gasteiger charge is -2.22. The maximum atomic E-state index is 11.7. The molecule has 5 heteroatoms. The summed E-state index contributed by atoms with van der Waals surface area (Å²) in [5, 5.41) is 22.1. The molecule has 17 heavy (non-hydrogen) atoms. The first-order valence-corrected chi connectivity index (χ1v) is 5.75. The average molecular weight is 236 g/mol. The van der Waals surface area contributed by atoms with E-state index in [0.29, 0.717) is 12.8 Å². The molecule has 1 aromatic rings. The summed E-state index contributed by atoms with van der Waals surface area (Å²) in [5.74, 6) is -0.605. The Morgan fingerprint density at radius 3 is 2.82 bits per heavy atom. The molecule has 2 rings (SSSR count). The lowest BCUT2D eigenvalue weighted by molar-refractivity contribution is 0.0448. The normalized spacial score (nSPS) is 17.9. The molecular weight excluding hydrogens is 220 g/mol. The minimum Gasteiger partial charge on any atom is -0.505 e. The fourth-order valence-corrected chi connectivity index (χ4v) is 2.11. The molecule has 0 saturated heterocycles. The fraction of sp³-hybridized carbons (Fsp3) is 0.500. The summed E-state index contributed by atoms with van der Waals surface area (Å²) in [6, 6.07) is 2.96. The molecule has 0 radical (unpaired) electrons. The van der Waals surface area contributed by atoms with Crippen LogP contribution in [0.5, 0.6) is 5.75 Å². The van der Waals surface area contributed by atoms with Crippen LogP contribution in [0.1, 0.15) is 36.2 Å². The van der Waals surface area contributed by atoms with Crippen molar-refractivity contribution in [3.63, 3.8) is 0 Å². The molecule has 5 nitrogen and oxygen atoms in total. The highest BCUT2D eigenvalue weighted by molar-refractivity contribution is 5.94. The number of hydrogen-bond donors (Lipinski definition) is 3. The predicted molar refractivity (Wildman–Crippen MR) is 61.7 cm³/mol. The van der Waals surface area contributed by atoms with Gasteiger partial charge in [0.15, 0.2) is 5.69 Å². The molecule has 1 heterocycles. The number of aromatic hydroxyl groups is 1. The van der Waals surface area contributed by atoms with Gasteiger partial charge in [-0.1, -0.05) is 12.8 Å². The van der Waals surface area contributed by atoms with Crippen molar-refractivity contribution in [2.45, 2.75) is 31.3 Å². The number of nitrogens with one attached hydrogen (secondary N) is 1. The number of nitrogens with zero attached hydrogens (tertiary/aromatic N) is 1. The fourth-order valence-electron chi connectivity index (χ4n) is 2.11. The molecule has 1 aromatic heterocycles. The average Bonchev–Trinajstić information content (AvgIpc) is 2.74. The van der Waals surface area contributed by atoms with Crippen molar-refractivity contribution in [1.29, 1.82) is 0 Å². The molecule has 0 unspecified atom stereocenters. The summed E-state index contributed by atoms with van der Waals surface area (Å²) in [4.78, 5) is 15.5. The second-order valence-electron chi connectivity index (χ2n) is 4.49. The maximum absolute atomic E-state index is 11.7. The third kappa shape index (κ3) is 2.74. The largest absolute Gasteiger partial charge is 0.505 e. The van der Waals surface area contributed by atoms with Crippen molar-refractivity contribution in [2.75, 3.05) is 6.54 Å². The standard InChI is InChI=1S/C12H16N2O3/c15-9-4-3-7-13-10(9)11(16)14-8-12(17)5-1-2-6-12/h3-4,7,15,17H,1-2,5-6,8H2,(H,14,16). The van der Waals surface area contributed by atoms with E-state index in [0.717, 1.165) is 12.8 Å². The Labute approximate surface area is 99.5 Å². The van der Waals surface area contributed by atoms with Crippen molar-refractivity contribution >= 4 is 5.91 Å². The van der Waals surface area contributed by atoms with Crippen LogP contribution in [0, 0.1) is 0 Å². The van der Waals surface area contributed by atoms with Gasteiger partial charge in [-0.05, 0) is 25.0 Å². The summed E-state index contributed by atoms with van der Waals surface area (Å²) in [7, 11) is 0. The SMILES string of the molecule is O=C(NCC1(O)CCCC1)c1ncccc1O. The number of carbonyl (C=O) groups excluding carboxylic acids is 1. The first-order chi connectivity index (χ1) is 8.11. The number of aromatic nitrogens is 1. The highest BCUT2D eigenvalue weighted by atomic mass is 16.3. The van der Waals surface area contributed by atoms with E-state index < -0.39 is 11.5 Å². The number of aliphatic hydroxyl groups is 1. The molecule has 1 amide bonds. The highest BCUT2D eigenvalue weighted by Gasteiger charge is 2.31. The molecule has 92 valence electrons. The Balaban J connectivity index is 1.96. The molecule has 1 fully saturated rings. The van der Waals surface area contributed by atoms with E-state index in [1.54, 1.807) is 6.07 Å². The summed E-state index contributed by atoms with van der Waals surface area (Å²) < 4.78 is 0. The van der Waals surface area contributed by atoms with Crippen LogP contribution in [0.3, 0.4) is 0 Å². The van der Waals surface area contributed by atoms with Crippen molar-refractivity contribution in [3.8, 4) is 5.75 Å². The van der Waals surface area contributed by atoms with Gasteiger partial charge < -0.3 is 15.5 Å². The summed E-state index contributed by atoms with van der Waals surface area (Å²) in [6.07, 6.45) is 4.84. The van der Waals surface area contributed by atoms with Gasteiger partial charge in [0.1, 0.15) is 5.75 Å². The van der Waals surface area contributed by atoms with Crippen molar-refractivity contribution < 1.29 is 15.0 Å². The minimum absolute atomic E-state index is 0.00547. The molecule has 0 aliphatic heterocycles. The number of amides is 1. The van der Waals surface area contributed by atoms with Gasteiger partial charge in [-0.3, -0.25) is 4.79 Å². The van der Waals surface area contributed by atoms with Gasteiger partial charge in [0.2, 0.25) is 0 Å².